The molecule has 4 N–H and O–H groups in total. The van der Waals surface area contributed by atoms with E-state index in [0.29, 0.717) is 28.7 Å². The van der Waals surface area contributed by atoms with Crippen LogP contribution in [0.15, 0.2) is 18.2 Å². The van der Waals surface area contributed by atoms with Gasteiger partial charge < -0.3 is 16.4 Å². The lowest BCUT2D eigenvalue weighted by Crippen LogP contribution is -2.34. The summed E-state index contributed by atoms with van der Waals surface area (Å²) < 4.78 is 0. The van der Waals surface area contributed by atoms with Crippen molar-refractivity contribution in [2.45, 2.75) is 38.1 Å². The molecule has 1 unspecified atom stereocenters. The Balaban J connectivity index is 1.89. The average Bonchev–Trinajstić information content (AvgIpc) is 2.48. The normalized spacial score (nSPS) is 18.2. The quantitative estimate of drug-likeness (QED) is 0.780. The summed E-state index contributed by atoms with van der Waals surface area (Å²) in [6.45, 7) is 1.03. The van der Waals surface area contributed by atoms with Crippen LogP contribution in [-0.2, 0) is 4.79 Å². The van der Waals surface area contributed by atoms with Crippen molar-refractivity contribution in [3.63, 3.8) is 0 Å². The first kappa shape index (κ1) is 15.8. The number of piperidine rings is 1. The number of hydrogen-bond donors (Lipinski definition) is 3. The molecule has 6 heteroatoms. The maximum absolute atomic E-state index is 12.0. The number of hydrogen-bond acceptors (Lipinski definition) is 3. The predicted molar refractivity (Wildman–Crippen MR) is 83.5 cm³/mol. The van der Waals surface area contributed by atoms with Gasteiger partial charge in [-0.1, -0.05) is 18.0 Å². The van der Waals surface area contributed by atoms with Gasteiger partial charge in [0, 0.05) is 18.0 Å². The summed E-state index contributed by atoms with van der Waals surface area (Å²) in [5, 5.41) is 6.54. The lowest BCUT2D eigenvalue weighted by atomic mass is 10.0. The van der Waals surface area contributed by atoms with Gasteiger partial charge in [0.2, 0.25) is 11.8 Å². The first-order chi connectivity index (χ1) is 10.1. The van der Waals surface area contributed by atoms with Crippen LogP contribution in [-0.4, -0.2) is 24.4 Å². The largest absolute Gasteiger partial charge is 0.366 e. The van der Waals surface area contributed by atoms with Gasteiger partial charge in [-0.15, -0.1) is 0 Å². The number of primary amides is 1. The van der Waals surface area contributed by atoms with Crippen LogP contribution in [0.3, 0.4) is 0 Å². The fraction of sp³-hybridized carbons (Fsp3) is 0.467. The van der Waals surface area contributed by atoms with Crippen molar-refractivity contribution < 1.29 is 9.59 Å². The van der Waals surface area contributed by atoms with Gasteiger partial charge in [0.15, 0.2) is 0 Å². The van der Waals surface area contributed by atoms with Crippen LogP contribution in [0.5, 0.6) is 0 Å². The molecule has 0 radical (unpaired) electrons. The molecule has 0 aliphatic carbocycles. The number of anilines is 1. The van der Waals surface area contributed by atoms with Crippen LogP contribution < -0.4 is 16.4 Å². The number of amides is 2. The first-order valence-corrected chi connectivity index (χ1v) is 7.56. The lowest BCUT2D eigenvalue weighted by Gasteiger charge is -2.23. The molecule has 5 nitrogen and oxygen atoms in total. The van der Waals surface area contributed by atoms with E-state index in [2.05, 4.69) is 10.6 Å². The minimum Gasteiger partial charge on any atom is -0.366 e. The van der Waals surface area contributed by atoms with Crippen molar-refractivity contribution in [1.29, 1.82) is 0 Å². The second kappa shape index (κ2) is 7.43. The molecule has 1 aliphatic rings. The smallest absolute Gasteiger partial charge is 0.248 e. The molecular weight excluding hydrogens is 290 g/mol. The van der Waals surface area contributed by atoms with Crippen molar-refractivity contribution in [1.82, 2.24) is 5.32 Å². The molecule has 2 rings (SSSR count). The number of carbonyl (C=O) groups is 2. The van der Waals surface area contributed by atoms with E-state index in [1.165, 1.54) is 25.0 Å². The Morgan fingerprint density at radius 3 is 2.86 bits per heavy atom. The Labute approximate surface area is 129 Å². The number of halogens is 1. The van der Waals surface area contributed by atoms with Gasteiger partial charge in [-0.25, -0.2) is 0 Å². The Morgan fingerprint density at radius 2 is 2.19 bits per heavy atom. The average molecular weight is 310 g/mol. The van der Waals surface area contributed by atoms with E-state index >= 15 is 0 Å². The minimum absolute atomic E-state index is 0.106. The monoisotopic (exact) mass is 309 g/mol. The molecule has 0 saturated carbocycles. The topological polar surface area (TPSA) is 84.2 Å². The summed E-state index contributed by atoms with van der Waals surface area (Å²) in [7, 11) is 0. The molecule has 0 bridgehead atoms. The Bertz CT molecular complexity index is 528. The van der Waals surface area contributed by atoms with E-state index in [9.17, 15) is 9.59 Å². The number of nitrogens with two attached hydrogens (primary N) is 1. The van der Waals surface area contributed by atoms with E-state index in [-0.39, 0.29) is 5.91 Å². The third kappa shape index (κ3) is 4.72. The zero-order valence-electron chi connectivity index (χ0n) is 11.8. The maximum Gasteiger partial charge on any atom is 0.248 e. The van der Waals surface area contributed by atoms with Gasteiger partial charge in [-0.3, -0.25) is 9.59 Å². The fourth-order valence-corrected chi connectivity index (χ4v) is 2.63. The van der Waals surface area contributed by atoms with E-state index in [1.807, 2.05) is 0 Å². The van der Waals surface area contributed by atoms with E-state index < -0.39 is 5.91 Å². The molecule has 114 valence electrons. The summed E-state index contributed by atoms with van der Waals surface area (Å²) >= 11 is 6.01. The van der Waals surface area contributed by atoms with Crippen LogP contribution in [0, 0.1) is 0 Å². The molecule has 1 fully saturated rings. The Hall–Kier alpha value is -1.59. The second-order valence-electron chi connectivity index (χ2n) is 5.29. The summed E-state index contributed by atoms with van der Waals surface area (Å²) in [5.41, 5.74) is 5.97. The Morgan fingerprint density at radius 1 is 1.38 bits per heavy atom. The highest BCUT2D eigenvalue weighted by atomic mass is 35.5. The van der Waals surface area contributed by atoms with Gasteiger partial charge in [0.25, 0.3) is 0 Å². The summed E-state index contributed by atoms with van der Waals surface area (Å²) in [4.78, 5) is 23.1. The van der Waals surface area contributed by atoms with Crippen LogP contribution in [0.4, 0.5) is 5.69 Å². The van der Waals surface area contributed by atoms with Crippen LogP contribution in [0.2, 0.25) is 5.02 Å². The van der Waals surface area contributed by atoms with Crippen LogP contribution >= 0.6 is 11.6 Å². The zero-order chi connectivity index (χ0) is 15.2. The van der Waals surface area contributed by atoms with Gasteiger partial charge in [-0.2, -0.15) is 0 Å². The van der Waals surface area contributed by atoms with E-state index in [1.54, 1.807) is 6.07 Å². The SMILES string of the molecule is NC(=O)c1ccc(Cl)c(NC(=O)CCC2CCCCN2)c1. The lowest BCUT2D eigenvalue weighted by molar-refractivity contribution is -0.116. The van der Waals surface area contributed by atoms with Gasteiger partial charge in [0.05, 0.1) is 10.7 Å². The molecule has 1 aromatic carbocycles. The van der Waals surface area contributed by atoms with E-state index in [0.717, 1.165) is 19.4 Å². The first-order valence-electron chi connectivity index (χ1n) is 7.19. The molecule has 1 atom stereocenters. The highest BCUT2D eigenvalue weighted by molar-refractivity contribution is 6.33. The van der Waals surface area contributed by atoms with Crippen molar-refractivity contribution in [3.8, 4) is 0 Å². The molecule has 1 saturated heterocycles. The van der Waals surface area contributed by atoms with Crippen molar-refractivity contribution in [3.05, 3.63) is 28.8 Å². The standard InChI is InChI=1S/C15H20ClN3O2/c16-12-6-4-10(15(17)21)9-13(12)19-14(20)7-5-11-3-1-2-8-18-11/h4,6,9,11,18H,1-3,5,7-8H2,(H2,17,21)(H,19,20). The van der Waals surface area contributed by atoms with Crippen molar-refractivity contribution in [2.75, 3.05) is 11.9 Å². The third-order valence-corrected chi connectivity index (χ3v) is 3.99. The molecule has 2 amide bonds. The summed E-state index contributed by atoms with van der Waals surface area (Å²) in [6, 6.07) is 5.00. The molecule has 0 spiro atoms. The fourth-order valence-electron chi connectivity index (χ4n) is 2.46. The second-order valence-corrected chi connectivity index (χ2v) is 5.70. The van der Waals surface area contributed by atoms with Gasteiger partial charge in [0.1, 0.15) is 0 Å². The summed E-state index contributed by atoms with van der Waals surface area (Å²) in [6.07, 6.45) is 4.77. The number of carbonyl (C=O) groups excluding carboxylic acids is 2. The molecular formula is C15H20ClN3O2. The van der Waals surface area contributed by atoms with E-state index in [4.69, 9.17) is 17.3 Å². The minimum atomic E-state index is -0.548. The molecule has 1 aromatic rings. The van der Waals surface area contributed by atoms with Gasteiger partial charge in [-0.05, 0) is 44.0 Å². The molecule has 0 aromatic heterocycles. The third-order valence-electron chi connectivity index (χ3n) is 3.66. The molecule has 1 heterocycles. The van der Waals surface area contributed by atoms with Crippen molar-refractivity contribution in [2.24, 2.45) is 5.73 Å². The van der Waals surface area contributed by atoms with Gasteiger partial charge >= 0.3 is 0 Å². The zero-order valence-corrected chi connectivity index (χ0v) is 12.6. The highest BCUT2D eigenvalue weighted by Crippen LogP contribution is 2.23. The van der Waals surface area contributed by atoms with Crippen molar-refractivity contribution >= 4 is 29.1 Å². The molecule has 1 aliphatic heterocycles. The summed E-state index contributed by atoms with van der Waals surface area (Å²) in [5.74, 6) is -0.653. The Kier molecular flexibility index (Phi) is 5.59. The molecule has 21 heavy (non-hydrogen) atoms. The van der Waals surface area contributed by atoms with Crippen LogP contribution in [0.1, 0.15) is 42.5 Å². The number of benzene rings is 1. The van der Waals surface area contributed by atoms with Crippen LogP contribution in [0.25, 0.3) is 0 Å². The number of rotatable bonds is 5. The predicted octanol–water partition coefficient (Wildman–Crippen LogP) is 2.30. The maximum atomic E-state index is 12.0. The highest BCUT2D eigenvalue weighted by Gasteiger charge is 2.15. The number of nitrogens with one attached hydrogen (secondary N) is 2.